The molecule has 0 saturated carbocycles. The number of rotatable bonds is 2. The Balaban J connectivity index is 2.07. The molecule has 2 aromatic rings. The predicted molar refractivity (Wildman–Crippen MR) is 83.2 cm³/mol. The van der Waals surface area contributed by atoms with Gasteiger partial charge in [-0.1, -0.05) is 18.2 Å². The van der Waals surface area contributed by atoms with Gasteiger partial charge in [0.1, 0.15) is 0 Å². The van der Waals surface area contributed by atoms with Gasteiger partial charge in [-0.2, -0.15) is 0 Å². The second-order valence-electron chi connectivity index (χ2n) is 4.64. The first-order chi connectivity index (χ1) is 9.50. The van der Waals surface area contributed by atoms with E-state index in [1.807, 2.05) is 24.3 Å². The van der Waals surface area contributed by atoms with Crippen LogP contribution in [0.4, 0.5) is 11.4 Å². The van der Waals surface area contributed by atoms with Gasteiger partial charge in [-0.05, 0) is 52.2 Å². The number of sulfonamides is 1. The first-order valence-corrected chi connectivity index (χ1v) is 8.39. The summed E-state index contributed by atoms with van der Waals surface area (Å²) in [6, 6.07) is 12.3. The SMILES string of the molecule is Nc1cc(S(=O)(=O)N2CCc3ccccc32)ccc1Br. The van der Waals surface area contributed by atoms with Gasteiger partial charge in [0.15, 0.2) is 0 Å². The number of nitrogen functional groups attached to an aromatic ring is 1. The van der Waals surface area contributed by atoms with E-state index in [1.54, 1.807) is 12.1 Å². The lowest BCUT2D eigenvalue weighted by atomic mass is 10.2. The quantitative estimate of drug-likeness (QED) is 0.845. The molecule has 1 aliphatic heterocycles. The van der Waals surface area contributed by atoms with E-state index in [4.69, 9.17) is 5.73 Å². The minimum atomic E-state index is -3.56. The second-order valence-corrected chi connectivity index (χ2v) is 7.36. The molecule has 6 heteroatoms. The minimum absolute atomic E-state index is 0.218. The van der Waals surface area contributed by atoms with E-state index in [9.17, 15) is 8.42 Å². The molecule has 104 valence electrons. The van der Waals surface area contributed by atoms with Crippen LogP contribution in [0.2, 0.25) is 0 Å². The van der Waals surface area contributed by atoms with Crippen LogP contribution in [-0.4, -0.2) is 15.0 Å². The van der Waals surface area contributed by atoms with Gasteiger partial charge in [-0.15, -0.1) is 0 Å². The Kier molecular flexibility index (Phi) is 3.22. The van der Waals surface area contributed by atoms with Crippen molar-refractivity contribution in [2.75, 3.05) is 16.6 Å². The van der Waals surface area contributed by atoms with Crippen LogP contribution >= 0.6 is 15.9 Å². The average Bonchev–Trinajstić information content (AvgIpc) is 2.86. The Morgan fingerprint density at radius 2 is 1.90 bits per heavy atom. The maximum absolute atomic E-state index is 12.7. The second kappa shape index (κ2) is 4.79. The molecule has 3 rings (SSSR count). The average molecular weight is 353 g/mol. The summed E-state index contributed by atoms with van der Waals surface area (Å²) < 4.78 is 27.6. The fourth-order valence-electron chi connectivity index (χ4n) is 2.37. The molecule has 0 aromatic heterocycles. The molecule has 0 saturated heterocycles. The number of fused-ring (bicyclic) bond motifs is 1. The Bertz CT molecular complexity index is 774. The van der Waals surface area contributed by atoms with Crippen molar-refractivity contribution in [1.29, 1.82) is 0 Å². The number of hydrogen-bond acceptors (Lipinski definition) is 3. The van der Waals surface area contributed by atoms with Crippen LogP contribution in [0.5, 0.6) is 0 Å². The molecule has 1 heterocycles. The zero-order chi connectivity index (χ0) is 14.3. The van der Waals surface area contributed by atoms with Gasteiger partial charge in [0.2, 0.25) is 0 Å². The summed E-state index contributed by atoms with van der Waals surface area (Å²) in [5, 5.41) is 0. The Morgan fingerprint density at radius 1 is 1.15 bits per heavy atom. The van der Waals surface area contributed by atoms with Gasteiger partial charge in [-0.25, -0.2) is 8.42 Å². The van der Waals surface area contributed by atoms with E-state index in [0.29, 0.717) is 16.7 Å². The predicted octanol–water partition coefficient (Wildman–Crippen LogP) is 2.78. The number of benzene rings is 2. The lowest BCUT2D eigenvalue weighted by Crippen LogP contribution is -2.29. The van der Waals surface area contributed by atoms with Gasteiger partial charge >= 0.3 is 0 Å². The lowest BCUT2D eigenvalue weighted by Gasteiger charge is -2.19. The Morgan fingerprint density at radius 3 is 2.65 bits per heavy atom. The van der Waals surface area contributed by atoms with Crippen molar-refractivity contribution < 1.29 is 8.42 Å². The summed E-state index contributed by atoms with van der Waals surface area (Å²) >= 11 is 3.27. The van der Waals surface area contributed by atoms with Gasteiger partial charge in [0.25, 0.3) is 10.0 Å². The number of anilines is 2. The highest BCUT2D eigenvalue weighted by Gasteiger charge is 2.30. The van der Waals surface area contributed by atoms with Crippen molar-refractivity contribution in [1.82, 2.24) is 0 Å². The molecular formula is C14H13BrN2O2S. The fraction of sp³-hybridized carbons (Fsp3) is 0.143. The number of hydrogen-bond donors (Lipinski definition) is 1. The van der Waals surface area contributed by atoms with E-state index in [0.717, 1.165) is 17.7 Å². The molecule has 1 aliphatic rings. The van der Waals surface area contributed by atoms with Crippen molar-refractivity contribution in [3.8, 4) is 0 Å². The van der Waals surface area contributed by atoms with Crippen LogP contribution in [0.15, 0.2) is 51.8 Å². The Hall–Kier alpha value is -1.53. The largest absolute Gasteiger partial charge is 0.398 e. The molecule has 0 atom stereocenters. The third-order valence-electron chi connectivity index (χ3n) is 3.40. The third kappa shape index (κ3) is 2.09. The first kappa shape index (κ1) is 13.5. The normalized spacial score (nSPS) is 14.3. The molecule has 0 spiro atoms. The number of nitrogens with two attached hydrogens (primary N) is 1. The van der Waals surface area contributed by atoms with Gasteiger partial charge < -0.3 is 5.73 Å². The zero-order valence-electron chi connectivity index (χ0n) is 10.6. The standard InChI is InChI=1S/C14H13BrN2O2S/c15-12-6-5-11(9-13(12)16)20(18,19)17-8-7-10-3-1-2-4-14(10)17/h1-6,9H,7-8,16H2. The van der Waals surface area contributed by atoms with Crippen molar-refractivity contribution in [3.05, 3.63) is 52.5 Å². The summed E-state index contributed by atoms with van der Waals surface area (Å²) in [5.74, 6) is 0. The summed E-state index contributed by atoms with van der Waals surface area (Å²) in [6.45, 7) is 0.470. The van der Waals surface area contributed by atoms with Gasteiger partial charge in [-0.3, -0.25) is 4.31 Å². The van der Waals surface area contributed by atoms with E-state index >= 15 is 0 Å². The highest BCUT2D eigenvalue weighted by atomic mass is 79.9. The lowest BCUT2D eigenvalue weighted by molar-refractivity contribution is 0.592. The van der Waals surface area contributed by atoms with E-state index in [1.165, 1.54) is 10.4 Å². The summed E-state index contributed by atoms with van der Waals surface area (Å²) in [5.41, 5.74) is 8.01. The minimum Gasteiger partial charge on any atom is -0.398 e. The number of halogens is 1. The molecule has 4 nitrogen and oxygen atoms in total. The van der Waals surface area contributed by atoms with E-state index in [2.05, 4.69) is 15.9 Å². The maximum atomic E-state index is 12.7. The molecule has 0 fully saturated rings. The summed E-state index contributed by atoms with van der Waals surface area (Å²) in [6.07, 6.45) is 0.738. The fourth-order valence-corrected chi connectivity index (χ4v) is 4.15. The van der Waals surface area contributed by atoms with Crippen molar-refractivity contribution in [3.63, 3.8) is 0 Å². The van der Waals surface area contributed by atoms with Gasteiger partial charge in [0.05, 0.1) is 10.6 Å². The molecule has 0 aliphatic carbocycles. The van der Waals surface area contributed by atoms with Crippen molar-refractivity contribution in [2.45, 2.75) is 11.3 Å². The van der Waals surface area contributed by atoms with Crippen LogP contribution in [0.3, 0.4) is 0 Å². The van der Waals surface area contributed by atoms with Gasteiger partial charge in [0, 0.05) is 16.7 Å². The molecule has 0 radical (unpaired) electrons. The molecule has 2 aromatic carbocycles. The Labute approximate surface area is 126 Å². The van der Waals surface area contributed by atoms with Crippen LogP contribution in [0.1, 0.15) is 5.56 Å². The van der Waals surface area contributed by atoms with Crippen molar-refractivity contribution in [2.24, 2.45) is 0 Å². The molecule has 0 amide bonds. The third-order valence-corrected chi connectivity index (χ3v) is 5.93. The van der Waals surface area contributed by atoms with Crippen molar-refractivity contribution >= 4 is 37.3 Å². The molecule has 2 N–H and O–H groups in total. The van der Waals surface area contributed by atoms with Crippen LogP contribution in [0, 0.1) is 0 Å². The highest BCUT2D eigenvalue weighted by Crippen LogP contribution is 2.33. The molecule has 20 heavy (non-hydrogen) atoms. The summed E-state index contributed by atoms with van der Waals surface area (Å²) in [4.78, 5) is 0.218. The molecule has 0 bridgehead atoms. The van der Waals surface area contributed by atoms with E-state index < -0.39 is 10.0 Å². The monoisotopic (exact) mass is 352 g/mol. The first-order valence-electron chi connectivity index (χ1n) is 6.16. The van der Waals surface area contributed by atoms with Crippen LogP contribution in [0.25, 0.3) is 0 Å². The summed E-state index contributed by atoms with van der Waals surface area (Å²) in [7, 11) is -3.56. The zero-order valence-corrected chi connectivity index (χ0v) is 13.0. The highest BCUT2D eigenvalue weighted by molar-refractivity contribution is 9.10. The molecular weight excluding hydrogens is 340 g/mol. The molecule has 0 unspecified atom stereocenters. The van der Waals surface area contributed by atoms with Crippen LogP contribution in [-0.2, 0) is 16.4 Å². The number of para-hydroxylation sites is 1. The maximum Gasteiger partial charge on any atom is 0.264 e. The topological polar surface area (TPSA) is 63.4 Å². The number of nitrogens with zero attached hydrogens (tertiary/aromatic N) is 1. The van der Waals surface area contributed by atoms with Crippen LogP contribution < -0.4 is 10.0 Å². The smallest absolute Gasteiger partial charge is 0.264 e. The van der Waals surface area contributed by atoms with E-state index in [-0.39, 0.29) is 4.90 Å².